The molecule has 0 fully saturated rings. The average molecular weight is 419 g/mol. The standard InChI is InChI=1S/C22H17N3O4S/c1-2-29-14-9-10-18(20(12-14)25(27)28)24-22(26)16-13-19(21-8-5-11-30-21)23-17-7-4-3-6-15(16)17/h3-13H,2H2,1H3,(H,24,26). The molecule has 4 rings (SSSR count). The van der Waals surface area contributed by atoms with E-state index in [1.165, 1.54) is 23.5 Å². The van der Waals surface area contributed by atoms with E-state index in [2.05, 4.69) is 10.3 Å². The summed E-state index contributed by atoms with van der Waals surface area (Å²) in [7, 11) is 0. The van der Waals surface area contributed by atoms with Gasteiger partial charge in [-0.3, -0.25) is 14.9 Å². The number of pyridine rings is 1. The van der Waals surface area contributed by atoms with Crippen LogP contribution in [-0.4, -0.2) is 22.4 Å². The van der Waals surface area contributed by atoms with Crippen LogP contribution < -0.4 is 10.1 Å². The van der Waals surface area contributed by atoms with E-state index in [0.29, 0.717) is 34.5 Å². The summed E-state index contributed by atoms with van der Waals surface area (Å²) in [6.07, 6.45) is 0. The molecule has 0 spiro atoms. The van der Waals surface area contributed by atoms with Crippen molar-refractivity contribution in [1.82, 2.24) is 4.98 Å². The maximum Gasteiger partial charge on any atom is 0.296 e. The molecule has 0 saturated heterocycles. The van der Waals surface area contributed by atoms with E-state index in [1.807, 2.05) is 41.8 Å². The third-order valence-electron chi connectivity index (χ3n) is 4.46. The number of benzene rings is 2. The molecule has 0 aliphatic heterocycles. The number of ether oxygens (including phenoxy) is 1. The molecule has 0 aliphatic rings. The van der Waals surface area contributed by atoms with Gasteiger partial charge < -0.3 is 10.1 Å². The zero-order chi connectivity index (χ0) is 21.1. The Bertz CT molecular complexity index is 1240. The van der Waals surface area contributed by atoms with Crippen LogP contribution in [0.3, 0.4) is 0 Å². The van der Waals surface area contributed by atoms with Gasteiger partial charge in [0.1, 0.15) is 11.4 Å². The van der Waals surface area contributed by atoms with Crippen molar-refractivity contribution in [2.24, 2.45) is 0 Å². The maximum atomic E-state index is 13.1. The van der Waals surface area contributed by atoms with Gasteiger partial charge in [0.15, 0.2) is 0 Å². The van der Waals surface area contributed by atoms with Crippen molar-refractivity contribution in [2.45, 2.75) is 6.92 Å². The van der Waals surface area contributed by atoms with Crippen LogP contribution in [-0.2, 0) is 0 Å². The molecule has 4 aromatic rings. The monoisotopic (exact) mass is 419 g/mol. The lowest BCUT2D eigenvalue weighted by atomic mass is 10.1. The Morgan fingerprint density at radius 3 is 2.73 bits per heavy atom. The van der Waals surface area contributed by atoms with E-state index >= 15 is 0 Å². The lowest BCUT2D eigenvalue weighted by Gasteiger charge is -2.11. The number of amides is 1. The molecule has 0 unspecified atom stereocenters. The first kappa shape index (κ1) is 19.5. The summed E-state index contributed by atoms with van der Waals surface area (Å²) < 4.78 is 5.33. The smallest absolute Gasteiger partial charge is 0.296 e. The highest BCUT2D eigenvalue weighted by atomic mass is 32.1. The number of para-hydroxylation sites is 1. The molecule has 8 heteroatoms. The van der Waals surface area contributed by atoms with E-state index in [1.54, 1.807) is 19.1 Å². The fourth-order valence-corrected chi connectivity index (χ4v) is 3.81. The van der Waals surface area contributed by atoms with E-state index in [4.69, 9.17) is 4.74 Å². The molecule has 0 aliphatic carbocycles. The Morgan fingerprint density at radius 2 is 2.00 bits per heavy atom. The summed E-state index contributed by atoms with van der Waals surface area (Å²) in [4.78, 5) is 29.7. The first-order valence-electron chi connectivity index (χ1n) is 9.23. The van der Waals surface area contributed by atoms with Gasteiger partial charge in [0.05, 0.1) is 39.2 Å². The number of nitrogens with zero attached hydrogens (tertiary/aromatic N) is 2. The molecule has 0 atom stereocenters. The Hall–Kier alpha value is -3.78. The third kappa shape index (κ3) is 3.85. The van der Waals surface area contributed by atoms with Gasteiger partial charge in [-0.1, -0.05) is 24.3 Å². The molecule has 1 amide bonds. The number of aromatic nitrogens is 1. The number of hydrogen-bond donors (Lipinski definition) is 1. The van der Waals surface area contributed by atoms with Gasteiger partial charge in [0.25, 0.3) is 11.6 Å². The largest absolute Gasteiger partial charge is 0.494 e. The van der Waals surface area contributed by atoms with Gasteiger partial charge in [-0.2, -0.15) is 0 Å². The predicted molar refractivity (Wildman–Crippen MR) is 117 cm³/mol. The number of anilines is 1. The quantitative estimate of drug-likeness (QED) is 0.328. The van der Waals surface area contributed by atoms with Crippen molar-refractivity contribution in [2.75, 3.05) is 11.9 Å². The first-order valence-corrected chi connectivity index (χ1v) is 10.1. The molecule has 0 saturated carbocycles. The van der Waals surface area contributed by atoms with E-state index in [-0.39, 0.29) is 11.4 Å². The summed E-state index contributed by atoms with van der Waals surface area (Å²) in [5.74, 6) is -0.0739. The number of nitro groups is 1. The summed E-state index contributed by atoms with van der Waals surface area (Å²) in [6.45, 7) is 2.18. The second kappa shape index (κ2) is 8.30. The molecule has 150 valence electrons. The SMILES string of the molecule is CCOc1ccc(NC(=O)c2cc(-c3cccs3)nc3ccccc23)c([N+](=O)[O-])c1. The second-order valence-electron chi connectivity index (χ2n) is 6.37. The molecule has 1 N–H and O–H groups in total. The fourth-order valence-electron chi connectivity index (χ4n) is 3.13. The van der Waals surface area contributed by atoms with E-state index < -0.39 is 10.8 Å². The average Bonchev–Trinajstić information content (AvgIpc) is 3.29. The Labute approximate surface area is 176 Å². The number of carbonyl (C=O) groups excluding carboxylic acids is 1. The number of nitrogens with one attached hydrogen (secondary N) is 1. The van der Waals surface area contributed by atoms with E-state index in [0.717, 1.165) is 4.88 Å². The van der Waals surface area contributed by atoms with Crippen LogP contribution in [0.1, 0.15) is 17.3 Å². The molecule has 7 nitrogen and oxygen atoms in total. The molecular weight excluding hydrogens is 402 g/mol. The molecule has 2 aromatic heterocycles. The minimum atomic E-state index is -0.542. The van der Waals surface area contributed by atoms with Crippen molar-refractivity contribution in [1.29, 1.82) is 0 Å². The Balaban J connectivity index is 1.76. The minimum absolute atomic E-state index is 0.104. The molecule has 30 heavy (non-hydrogen) atoms. The summed E-state index contributed by atoms with van der Waals surface area (Å²) in [6, 6.07) is 17.3. The van der Waals surface area contributed by atoms with Gasteiger partial charge in [-0.15, -0.1) is 11.3 Å². The summed E-state index contributed by atoms with van der Waals surface area (Å²) >= 11 is 1.52. The minimum Gasteiger partial charge on any atom is -0.494 e. The van der Waals surface area contributed by atoms with Crippen LogP contribution >= 0.6 is 11.3 Å². The van der Waals surface area contributed by atoms with E-state index in [9.17, 15) is 14.9 Å². The lowest BCUT2D eigenvalue weighted by Crippen LogP contribution is -2.14. The predicted octanol–water partition coefficient (Wildman–Crippen LogP) is 5.52. The van der Waals surface area contributed by atoms with Crippen LogP contribution in [0, 0.1) is 10.1 Å². The third-order valence-corrected chi connectivity index (χ3v) is 5.35. The zero-order valence-electron chi connectivity index (χ0n) is 16.0. The first-order chi connectivity index (χ1) is 14.6. The Morgan fingerprint density at radius 1 is 1.17 bits per heavy atom. The van der Waals surface area contributed by atoms with Crippen LogP contribution in [0.4, 0.5) is 11.4 Å². The fraction of sp³-hybridized carbons (Fsp3) is 0.0909. The van der Waals surface area contributed by atoms with Gasteiger partial charge in [0.2, 0.25) is 0 Å². The molecule has 0 bridgehead atoms. The lowest BCUT2D eigenvalue weighted by molar-refractivity contribution is -0.384. The highest BCUT2D eigenvalue weighted by Crippen LogP contribution is 2.31. The van der Waals surface area contributed by atoms with Crippen LogP contribution in [0.15, 0.2) is 66.0 Å². The highest BCUT2D eigenvalue weighted by molar-refractivity contribution is 7.13. The summed E-state index contributed by atoms with van der Waals surface area (Å²) in [5, 5.41) is 16.8. The normalized spacial score (nSPS) is 10.7. The summed E-state index contributed by atoms with van der Waals surface area (Å²) in [5.41, 5.74) is 1.62. The van der Waals surface area contributed by atoms with Gasteiger partial charge in [-0.05, 0) is 42.6 Å². The number of rotatable bonds is 6. The second-order valence-corrected chi connectivity index (χ2v) is 7.32. The molecular formula is C22H17N3O4S. The van der Waals surface area contributed by atoms with Crippen molar-refractivity contribution in [3.05, 3.63) is 81.7 Å². The number of hydrogen-bond acceptors (Lipinski definition) is 6. The topological polar surface area (TPSA) is 94.4 Å². The van der Waals surface area contributed by atoms with Gasteiger partial charge in [0, 0.05) is 5.39 Å². The Kier molecular flexibility index (Phi) is 5.40. The highest BCUT2D eigenvalue weighted by Gasteiger charge is 2.20. The van der Waals surface area contributed by atoms with Gasteiger partial charge in [-0.25, -0.2) is 4.98 Å². The number of carbonyl (C=O) groups is 1. The van der Waals surface area contributed by atoms with Gasteiger partial charge >= 0.3 is 0 Å². The van der Waals surface area contributed by atoms with Crippen molar-refractivity contribution < 1.29 is 14.5 Å². The zero-order valence-corrected chi connectivity index (χ0v) is 16.8. The van der Waals surface area contributed by atoms with Crippen molar-refractivity contribution in [3.63, 3.8) is 0 Å². The maximum absolute atomic E-state index is 13.1. The molecule has 2 heterocycles. The van der Waals surface area contributed by atoms with Crippen LogP contribution in [0.25, 0.3) is 21.5 Å². The number of nitro benzene ring substituents is 1. The van der Waals surface area contributed by atoms with Crippen molar-refractivity contribution >= 4 is 39.5 Å². The van der Waals surface area contributed by atoms with Crippen molar-refractivity contribution in [3.8, 4) is 16.3 Å². The molecule has 2 aromatic carbocycles. The number of thiophene rings is 1. The van der Waals surface area contributed by atoms with Crippen LogP contribution in [0.2, 0.25) is 0 Å². The molecule has 0 radical (unpaired) electrons. The number of fused-ring (bicyclic) bond motifs is 1. The van der Waals surface area contributed by atoms with Crippen LogP contribution in [0.5, 0.6) is 5.75 Å².